The Hall–Kier alpha value is -3.91. The zero-order chi connectivity index (χ0) is 39.0. The van der Waals surface area contributed by atoms with E-state index in [1.165, 1.54) is 89.6 Å². The minimum atomic E-state index is -0.370. The molecule has 300 valence electrons. The van der Waals surface area contributed by atoms with Crippen LogP contribution in [0.25, 0.3) is 21.5 Å². The van der Waals surface area contributed by atoms with E-state index in [-0.39, 0.29) is 40.7 Å². The molecule has 0 saturated heterocycles. The minimum Gasteiger partial charge on any atom is -0.431 e. The highest BCUT2D eigenvalue weighted by atomic mass is 35.5. The summed E-state index contributed by atoms with van der Waals surface area (Å²) in [5, 5.41) is 5.49. The van der Waals surface area contributed by atoms with E-state index >= 15 is 0 Å². The Morgan fingerprint density at radius 2 is 1.09 bits per heavy atom. The van der Waals surface area contributed by atoms with Crippen molar-refractivity contribution in [2.75, 3.05) is 11.1 Å². The fraction of sp³-hybridized carbons (Fsp3) is 0.574. The number of rotatable bonds is 5. The molecule has 3 N–H and O–H groups in total. The fourth-order valence-corrected chi connectivity index (χ4v) is 15.3. The number of anilines is 2. The van der Waals surface area contributed by atoms with E-state index in [1.807, 2.05) is 6.07 Å². The number of benzene rings is 2. The number of halogens is 1. The molecule has 0 spiro atoms. The second kappa shape index (κ2) is 14.2. The number of nitrogen functional groups attached to an aromatic ring is 1. The van der Waals surface area contributed by atoms with Crippen molar-refractivity contribution in [3.05, 3.63) is 81.9 Å². The van der Waals surface area contributed by atoms with Gasteiger partial charge in [0.15, 0.2) is 0 Å². The maximum absolute atomic E-state index is 13.0. The lowest BCUT2D eigenvalue weighted by Crippen LogP contribution is -2.55. The third-order valence-electron chi connectivity index (χ3n) is 14.3. The average Bonchev–Trinajstić information content (AvgIpc) is 3.02. The molecule has 8 bridgehead atoms. The molecule has 8 aliphatic carbocycles. The monoisotopic (exact) mass is 782 g/mol. The van der Waals surface area contributed by atoms with E-state index in [0.717, 1.165) is 22.6 Å². The fourth-order valence-electron chi connectivity index (χ4n) is 15.0. The largest absolute Gasteiger partial charge is 0.431 e. The van der Waals surface area contributed by atoms with Crippen molar-refractivity contribution in [1.82, 2.24) is 0 Å². The molecule has 12 rings (SSSR count). The van der Waals surface area contributed by atoms with Crippen molar-refractivity contribution in [3.8, 4) is 0 Å². The van der Waals surface area contributed by atoms with E-state index in [0.29, 0.717) is 56.6 Å². The van der Waals surface area contributed by atoms with Crippen molar-refractivity contribution in [2.24, 2.45) is 44.3 Å². The molecule has 4 unspecified atom stereocenters. The second-order valence-electron chi connectivity index (χ2n) is 20.5. The molecule has 8 aliphatic rings. The summed E-state index contributed by atoms with van der Waals surface area (Å²) in [5.41, 5.74) is 8.46. The van der Waals surface area contributed by atoms with E-state index < -0.39 is 0 Å². The maximum atomic E-state index is 13.0. The van der Waals surface area contributed by atoms with Gasteiger partial charge in [0.25, 0.3) is 0 Å². The van der Waals surface area contributed by atoms with Crippen molar-refractivity contribution >= 4 is 55.7 Å². The average molecular weight is 783 g/mol. The lowest BCUT2D eigenvalue weighted by Gasteiger charge is -2.65. The maximum Gasteiger partial charge on any atom is 0.343 e. The van der Waals surface area contributed by atoms with Gasteiger partial charge in [-0.15, -0.1) is 0 Å². The number of nitrogens with two attached hydrogens (primary N) is 1. The first kappa shape index (κ1) is 40.3. The van der Waals surface area contributed by atoms with Gasteiger partial charge in [-0.3, -0.25) is 9.59 Å². The van der Waals surface area contributed by atoms with Crippen molar-refractivity contribution in [1.29, 1.82) is 0 Å². The van der Waals surface area contributed by atoms with Gasteiger partial charge in [-0.25, -0.2) is 9.59 Å². The third kappa shape index (κ3) is 7.84. The van der Waals surface area contributed by atoms with Crippen LogP contribution < -0.4 is 22.3 Å². The molecule has 2 heterocycles. The Morgan fingerprint density at radius 3 is 1.55 bits per heavy atom. The number of hydrogen-bond donors (Lipinski definition) is 2. The summed E-state index contributed by atoms with van der Waals surface area (Å²) in [6.45, 7) is 9.74. The summed E-state index contributed by atoms with van der Waals surface area (Å²) < 4.78 is 9.63. The molecular formula is C47H59ClN2O6. The summed E-state index contributed by atoms with van der Waals surface area (Å²) in [5.74, 6) is 1.72. The van der Waals surface area contributed by atoms with Crippen LogP contribution in [0.2, 0.25) is 0 Å². The van der Waals surface area contributed by atoms with Gasteiger partial charge in [-0.1, -0.05) is 47.3 Å². The predicted molar refractivity (Wildman–Crippen MR) is 225 cm³/mol. The topological polar surface area (TPSA) is 133 Å². The zero-order valence-electron chi connectivity index (χ0n) is 32.7. The summed E-state index contributed by atoms with van der Waals surface area (Å²) in [6, 6.07) is 14.0. The molecule has 2 aromatic heterocycles. The summed E-state index contributed by atoms with van der Waals surface area (Å²) >= 11 is 5.67. The van der Waals surface area contributed by atoms with Crippen molar-refractivity contribution in [3.63, 3.8) is 0 Å². The van der Waals surface area contributed by atoms with Crippen LogP contribution in [-0.4, -0.2) is 11.1 Å². The molecule has 56 heavy (non-hydrogen) atoms. The van der Waals surface area contributed by atoms with E-state index in [4.69, 9.17) is 21.8 Å². The van der Waals surface area contributed by atoms with E-state index in [9.17, 15) is 19.2 Å². The number of fused-ring (bicyclic) bond motifs is 2. The molecule has 8 nitrogen and oxygen atoms in total. The van der Waals surface area contributed by atoms with E-state index in [2.05, 4.69) is 37.4 Å². The van der Waals surface area contributed by atoms with Gasteiger partial charge in [0, 0.05) is 35.0 Å². The highest BCUT2D eigenvalue weighted by Crippen LogP contribution is 2.71. The van der Waals surface area contributed by atoms with Crippen LogP contribution in [0.1, 0.15) is 125 Å². The highest BCUT2D eigenvalue weighted by molar-refractivity contribution is 6.63. The molecule has 4 atom stereocenters. The van der Waals surface area contributed by atoms with Crippen LogP contribution in [0.3, 0.4) is 0 Å². The second-order valence-corrected chi connectivity index (χ2v) is 20.9. The molecule has 2 aromatic carbocycles. The van der Waals surface area contributed by atoms with Gasteiger partial charge >= 0.3 is 11.3 Å². The SMILES string of the molecule is C.CC12CC3CC(C)(C1)CC(CC(=O)Cl)(C3)C2.CC12CC3CC(C)(C1)CC(CC(=O)Nc1cccc4c(=O)occc14)(C3)C2.Nc1cccc2c(=O)occc12. The van der Waals surface area contributed by atoms with Crippen molar-refractivity contribution < 1.29 is 18.4 Å². The van der Waals surface area contributed by atoms with Crippen LogP contribution in [0.5, 0.6) is 0 Å². The number of amides is 1. The number of nitrogens with one attached hydrogen (secondary N) is 1. The van der Waals surface area contributed by atoms with Crippen LogP contribution in [0.15, 0.2) is 79.5 Å². The summed E-state index contributed by atoms with van der Waals surface area (Å²) in [4.78, 5) is 47.3. The first-order valence-corrected chi connectivity index (χ1v) is 20.5. The Bertz CT molecular complexity index is 2260. The molecule has 8 fully saturated rings. The molecule has 0 radical (unpaired) electrons. The van der Waals surface area contributed by atoms with Gasteiger partial charge in [0.2, 0.25) is 11.1 Å². The summed E-state index contributed by atoms with van der Waals surface area (Å²) in [7, 11) is 0. The smallest absolute Gasteiger partial charge is 0.343 e. The van der Waals surface area contributed by atoms with Crippen molar-refractivity contribution in [2.45, 2.75) is 125 Å². The van der Waals surface area contributed by atoms with Crippen LogP contribution in [0.4, 0.5) is 11.4 Å². The Balaban J connectivity index is 0.000000141. The number of carbonyl (C=O) groups excluding carboxylic acids is 2. The molecule has 8 saturated carbocycles. The van der Waals surface area contributed by atoms with Gasteiger partial charge in [0.1, 0.15) is 0 Å². The van der Waals surface area contributed by atoms with Crippen LogP contribution in [-0.2, 0) is 9.59 Å². The number of hydrogen-bond acceptors (Lipinski definition) is 7. The Morgan fingerprint density at radius 1 is 0.643 bits per heavy atom. The van der Waals surface area contributed by atoms with Crippen LogP contribution in [0, 0.1) is 44.3 Å². The van der Waals surface area contributed by atoms with Crippen LogP contribution >= 0.6 is 11.6 Å². The molecule has 9 heteroatoms. The lowest BCUT2D eigenvalue weighted by atomic mass is 9.40. The van der Waals surface area contributed by atoms with E-state index in [1.54, 1.807) is 42.5 Å². The number of carbonyl (C=O) groups is 2. The molecule has 1 amide bonds. The standard InChI is InChI=1S/C23H27NO3.C14H21ClO.C9H7NO2.CH4/c1-21-8-15-9-22(2,12-21)14-23(10-15,13-21)11-19(25)24-18-5-3-4-17-16(18)6-7-27-20(17)26;1-12-3-10-4-13(2,7-12)9-14(5-10,8-12)6-11(15)16;10-8-3-1-2-7-6(8)4-5-12-9(7)11;/h3-7,15H,8-14H2,1-2H3,(H,24,25);10H,3-9H2,1-2H3;1-5H,10H2;1H4. The first-order valence-electron chi connectivity index (χ1n) is 20.1. The predicted octanol–water partition coefficient (Wildman–Crippen LogP) is 11.3. The summed E-state index contributed by atoms with van der Waals surface area (Å²) in [6.07, 6.45) is 19.4. The first-order chi connectivity index (χ1) is 25.9. The Kier molecular flexibility index (Phi) is 10.2. The molecule has 4 aromatic rings. The van der Waals surface area contributed by atoms with Gasteiger partial charge in [-0.05, 0) is 169 Å². The third-order valence-corrected chi connectivity index (χ3v) is 14.4. The van der Waals surface area contributed by atoms with Gasteiger partial charge in [-0.2, -0.15) is 0 Å². The van der Waals surface area contributed by atoms with Gasteiger partial charge < -0.3 is 19.9 Å². The highest BCUT2D eigenvalue weighted by Gasteiger charge is 2.61. The molecule has 0 aliphatic heterocycles. The molecular weight excluding hydrogens is 724 g/mol. The normalized spacial score (nSPS) is 35.5. The Labute approximate surface area is 335 Å². The zero-order valence-corrected chi connectivity index (χ0v) is 33.5. The minimum absolute atomic E-state index is 0. The lowest BCUT2D eigenvalue weighted by molar-refractivity contribution is -0.154. The quantitative estimate of drug-likeness (QED) is 0.152. The van der Waals surface area contributed by atoms with Gasteiger partial charge in [0.05, 0.1) is 23.3 Å².